The summed E-state index contributed by atoms with van der Waals surface area (Å²) in [5.74, 6) is -0.172. The first-order valence-corrected chi connectivity index (χ1v) is 27.1. The van der Waals surface area contributed by atoms with E-state index in [1.54, 1.807) is 6.08 Å². The van der Waals surface area contributed by atoms with Crippen LogP contribution in [0.25, 0.3) is 0 Å². The number of hydrogen-bond acceptors (Lipinski definition) is 5. The molecule has 0 spiro atoms. The van der Waals surface area contributed by atoms with Gasteiger partial charge in [-0.15, -0.1) is 0 Å². The van der Waals surface area contributed by atoms with E-state index in [0.717, 1.165) is 32.1 Å². The fourth-order valence-corrected chi connectivity index (χ4v) is 8.43. The summed E-state index contributed by atoms with van der Waals surface area (Å²) < 4.78 is 23.6. The monoisotopic (exact) mass is 858 g/mol. The van der Waals surface area contributed by atoms with Crippen LogP contribution in [0, 0.1) is 0 Å². The van der Waals surface area contributed by atoms with Gasteiger partial charge in [-0.1, -0.05) is 238 Å². The Balaban J connectivity index is 4.28. The van der Waals surface area contributed by atoms with E-state index in [4.69, 9.17) is 9.05 Å². The summed E-state index contributed by atoms with van der Waals surface area (Å²) in [6.07, 6.45) is 50.0. The van der Waals surface area contributed by atoms with Crippen molar-refractivity contribution in [2.45, 2.75) is 264 Å². The lowest BCUT2D eigenvalue weighted by molar-refractivity contribution is -0.870. The van der Waals surface area contributed by atoms with E-state index in [9.17, 15) is 19.4 Å². The second kappa shape index (κ2) is 42.5. The highest BCUT2D eigenvalue weighted by Crippen LogP contribution is 2.43. The number of phosphoric acid groups is 1. The number of aliphatic hydroxyl groups is 1. The molecule has 0 fully saturated rings. The zero-order valence-electron chi connectivity index (χ0n) is 40.0. The summed E-state index contributed by atoms with van der Waals surface area (Å²) in [5, 5.41) is 13.9. The summed E-state index contributed by atoms with van der Waals surface area (Å²) in [5.41, 5.74) is 0. The number of nitrogens with zero attached hydrogens (tertiary/aromatic N) is 1. The number of aliphatic hydroxyl groups excluding tert-OH is 1. The summed E-state index contributed by atoms with van der Waals surface area (Å²) >= 11 is 0. The van der Waals surface area contributed by atoms with Gasteiger partial charge >= 0.3 is 7.82 Å². The van der Waals surface area contributed by atoms with Gasteiger partial charge in [0, 0.05) is 6.42 Å². The molecule has 3 atom stereocenters. The van der Waals surface area contributed by atoms with Gasteiger partial charge < -0.3 is 19.8 Å². The van der Waals surface area contributed by atoms with Crippen LogP contribution in [-0.4, -0.2) is 73.4 Å². The number of carbonyl (C=O) groups is 1. The highest BCUT2D eigenvalue weighted by molar-refractivity contribution is 7.47. The van der Waals surface area contributed by atoms with E-state index in [-0.39, 0.29) is 19.1 Å². The lowest BCUT2D eigenvalue weighted by Crippen LogP contribution is -2.45. The van der Waals surface area contributed by atoms with Crippen LogP contribution in [0.5, 0.6) is 0 Å². The molecule has 1 unspecified atom stereocenters. The smallest absolute Gasteiger partial charge is 0.387 e. The van der Waals surface area contributed by atoms with Crippen molar-refractivity contribution in [3.63, 3.8) is 0 Å². The van der Waals surface area contributed by atoms with Crippen molar-refractivity contribution in [2.75, 3.05) is 40.9 Å². The summed E-state index contributed by atoms with van der Waals surface area (Å²) in [4.78, 5) is 23.2. The number of rotatable bonds is 47. The minimum Gasteiger partial charge on any atom is -0.387 e. The Morgan fingerprint density at radius 3 is 1.25 bits per heavy atom. The molecule has 0 bridgehead atoms. The molecular weight excluding hydrogens is 756 g/mol. The third-order valence-corrected chi connectivity index (χ3v) is 12.7. The number of quaternary nitrogens is 1. The van der Waals surface area contributed by atoms with Gasteiger partial charge in [-0.2, -0.15) is 0 Å². The van der Waals surface area contributed by atoms with Crippen molar-refractivity contribution in [3.05, 3.63) is 12.2 Å². The second-order valence-electron chi connectivity index (χ2n) is 18.9. The Morgan fingerprint density at radius 1 is 0.559 bits per heavy atom. The van der Waals surface area contributed by atoms with E-state index < -0.39 is 20.0 Å². The number of carbonyl (C=O) groups excluding carboxylic acids is 1. The molecule has 59 heavy (non-hydrogen) atoms. The first-order valence-electron chi connectivity index (χ1n) is 25.6. The second-order valence-corrected chi connectivity index (χ2v) is 20.4. The quantitative estimate of drug-likeness (QED) is 0.0244. The molecule has 0 aliphatic heterocycles. The topological polar surface area (TPSA) is 105 Å². The average Bonchev–Trinajstić information content (AvgIpc) is 3.19. The van der Waals surface area contributed by atoms with Gasteiger partial charge in [-0.05, 0) is 19.3 Å². The molecule has 8 nitrogen and oxygen atoms in total. The van der Waals surface area contributed by atoms with E-state index in [1.807, 2.05) is 27.2 Å². The Labute approximate surface area is 367 Å². The van der Waals surface area contributed by atoms with Crippen LogP contribution in [0.4, 0.5) is 0 Å². The van der Waals surface area contributed by atoms with Gasteiger partial charge in [0.25, 0.3) is 0 Å². The molecule has 0 heterocycles. The van der Waals surface area contributed by atoms with E-state index >= 15 is 0 Å². The van der Waals surface area contributed by atoms with Crippen LogP contribution in [0.3, 0.4) is 0 Å². The summed E-state index contributed by atoms with van der Waals surface area (Å²) in [6, 6.07) is -0.840. The van der Waals surface area contributed by atoms with Crippen molar-refractivity contribution in [1.82, 2.24) is 5.32 Å². The number of phosphoric ester groups is 1. The van der Waals surface area contributed by atoms with Crippen LogP contribution in [0.1, 0.15) is 251 Å². The van der Waals surface area contributed by atoms with Crippen molar-refractivity contribution in [3.8, 4) is 0 Å². The predicted octanol–water partition coefficient (Wildman–Crippen LogP) is 14.7. The normalized spacial score (nSPS) is 14.2. The zero-order valence-corrected chi connectivity index (χ0v) is 40.9. The summed E-state index contributed by atoms with van der Waals surface area (Å²) in [7, 11) is 1.59. The molecule has 1 amide bonds. The molecule has 0 saturated carbocycles. The van der Waals surface area contributed by atoms with E-state index in [0.29, 0.717) is 17.4 Å². The van der Waals surface area contributed by atoms with Crippen LogP contribution in [0.15, 0.2) is 12.2 Å². The molecule has 0 saturated heterocycles. The average molecular weight is 858 g/mol. The van der Waals surface area contributed by atoms with Crippen LogP contribution in [-0.2, 0) is 18.4 Å². The standard InChI is InChI=1S/C50H101N2O6P/c1-6-8-10-12-14-16-18-20-22-24-25-26-28-30-32-34-36-38-40-42-44-50(54)51-48(47-58-59(55,56)57-46-45-52(3,4)5)49(53)43-41-39-37-35-33-31-29-27-23-21-19-17-15-13-11-9-7-2/h41,43,48-49,53H,6-40,42,44-47H2,1-5H3,(H-,51,54,55,56)/p+1/b43-41+/t48-,49+/m0/s1. The number of unbranched alkanes of at least 4 members (excludes halogenated alkanes) is 34. The molecular formula is C50H102N2O6P+. The van der Waals surface area contributed by atoms with Gasteiger partial charge in [-0.3, -0.25) is 13.8 Å². The van der Waals surface area contributed by atoms with Crippen LogP contribution in [0.2, 0.25) is 0 Å². The maximum atomic E-state index is 12.9. The van der Waals surface area contributed by atoms with Crippen molar-refractivity contribution >= 4 is 13.7 Å². The fourth-order valence-electron chi connectivity index (χ4n) is 7.69. The first kappa shape index (κ1) is 58.2. The SMILES string of the molecule is CCCCCCCCCCCCCCCCC/C=C/[C@@H](O)[C@H](COP(=O)(O)OCC[N+](C)(C)C)NC(=O)CCCCCCCCCCCCCCCCCCCCCC. The van der Waals surface area contributed by atoms with Gasteiger partial charge in [0.1, 0.15) is 13.2 Å². The maximum absolute atomic E-state index is 12.9. The molecule has 0 aliphatic rings. The number of nitrogens with one attached hydrogen (secondary N) is 1. The highest BCUT2D eigenvalue weighted by Gasteiger charge is 2.27. The molecule has 0 aromatic heterocycles. The third-order valence-electron chi connectivity index (χ3n) is 11.8. The highest BCUT2D eigenvalue weighted by atomic mass is 31.2. The van der Waals surface area contributed by atoms with Gasteiger partial charge in [0.15, 0.2) is 0 Å². The van der Waals surface area contributed by atoms with Crippen LogP contribution >= 0.6 is 7.82 Å². The first-order chi connectivity index (χ1) is 28.5. The number of amides is 1. The van der Waals surface area contributed by atoms with E-state index in [1.165, 1.54) is 199 Å². The molecule has 0 aromatic rings. The lowest BCUT2D eigenvalue weighted by Gasteiger charge is -2.25. The molecule has 0 rings (SSSR count). The van der Waals surface area contributed by atoms with E-state index in [2.05, 4.69) is 19.2 Å². The minimum atomic E-state index is -4.34. The molecule has 0 aliphatic carbocycles. The Hall–Kier alpha value is -0.760. The zero-order chi connectivity index (χ0) is 43.6. The molecule has 352 valence electrons. The largest absolute Gasteiger partial charge is 0.472 e. The summed E-state index contributed by atoms with van der Waals surface area (Å²) in [6.45, 7) is 4.85. The number of likely N-dealkylation sites (N-methyl/N-ethyl adjacent to an activating group) is 1. The van der Waals surface area contributed by atoms with Crippen molar-refractivity contribution in [2.24, 2.45) is 0 Å². The maximum Gasteiger partial charge on any atom is 0.472 e. The minimum absolute atomic E-state index is 0.0649. The fraction of sp³-hybridized carbons (Fsp3) is 0.940. The predicted molar refractivity (Wildman–Crippen MR) is 254 cm³/mol. The molecule has 9 heteroatoms. The Bertz CT molecular complexity index is 974. The van der Waals surface area contributed by atoms with Crippen LogP contribution < -0.4 is 5.32 Å². The molecule has 0 aromatic carbocycles. The third kappa shape index (κ3) is 45.1. The van der Waals surface area contributed by atoms with Gasteiger partial charge in [0.2, 0.25) is 5.91 Å². The number of hydrogen-bond donors (Lipinski definition) is 3. The van der Waals surface area contributed by atoms with Gasteiger partial charge in [0.05, 0.1) is 39.9 Å². The lowest BCUT2D eigenvalue weighted by atomic mass is 10.0. The van der Waals surface area contributed by atoms with Gasteiger partial charge in [-0.25, -0.2) is 4.57 Å². The van der Waals surface area contributed by atoms with Crippen molar-refractivity contribution < 1.29 is 32.9 Å². The molecule has 0 radical (unpaired) electrons. The Kier molecular flexibility index (Phi) is 42.0. The van der Waals surface area contributed by atoms with Crippen molar-refractivity contribution in [1.29, 1.82) is 0 Å². The molecule has 3 N–H and O–H groups in total. The number of allylic oxidation sites excluding steroid dienone is 1. The Morgan fingerprint density at radius 2 is 0.898 bits per heavy atom.